The molecule has 1 atom stereocenters. The maximum absolute atomic E-state index is 13.3. The summed E-state index contributed by atoms with van der Waals surface area (Å²) in [5.74, 6) is -2.36. The van der Waals surface area contributed by atoms with Crippen LogP contribution in [0.4, 0.5) is 18.0 Å². The third-order valence-corrected chi connectivity index (χ3v) is 6.00. The van der Waals surface area contributed by atoms with Crippen molar-refractivity contribution in [3.63, 3.8) is 0 Å². The Hall–Kier alpha value is -2.98. The Morgan fingerprint density at radius 2 is 1.66 bits per heavy atom. The van der Waals surface area contributed by atoms with E-state index in [9.17, 15) is 32.7 Å². The fraction of sp³-hybridized carbons (Fsp3) is 0.348. The van der Waals surface area contributed by atoms with E-state index in [0.717, 1.165) is 0 Å². The second-order valence-corrected chi connectivity index (χ2v) is 9.04. The molecule has 3 rings (SSSR count). The van der Waals surface area contributed by atoms with Gasteiger partial charge in [-0.3, -0.25) is 9.59 Å². The van der Waals surface area contributed by atoms with E-state index in [-0.39, 0.29) is 38.2 Å². The van der Waals surface area contributed by atoms with Gasteiger partial charge < -0.3 is 20.2 Å². The first kappa shape index (κ1) is 26.6. The number of halogens is 5. The number of carboxylic acid groups (broad SMARTS) is 1. The Kier molecular flexibility index (Phi) is 8.50. The molecule has 1 fully saturated rings. The topological polar surface area (TPSA) is 90.0 Å². The molecule has 1 aliphatic heterocycles. The summed E-state index contributed by atoms with van der Waals surface area (Å²) in [7, 11) is 0. The van der Waals surface area contributed by atoms with Crippen molar-refractivity contribution < 1.29 is 32.7 Å². The number of nitrogens with zero attached hydrogens (tertiary/aromatic N) is 2. The van der Waals surface area contributed by atoms with Gasteiger partial charge in [-0.05, 0) is 29.3 Å². The Labute approximate surface area is 209 Å². The fourth-order valence-corrected chi connectivity index (χ4v) is 4.36. The van der Waals surface area contributed by atoms with Gasteiger partial charge in [-0.2, -0.15) is 13.2 Å². The highest BCUT2D eigenvalue weighted by molar-refractivity contribution is 6.35. The smallest absolute Gasteiger partial charge is 0.405 e. The van der Waals surface area contributed by atoms with Crippen molar-refractivity contribution in [2.45, 2.75) is 25.7 Å². The van der Waals surface area contributed by atoms with E-state index >= 15 is 0 Å². The van der Waals surface area contributed by atoms with Crippen molar-refractivity contribution in [2.75, 3.05) is 19.6 Å². The van der Waals surface area contributed by atoms with E-state index in [4.69, 9.17) is 23.2 Å². The molecular formula is C23H22Cl2F3N3O4. The number of rotatable bonds is 8. The molecule has 3 amide bonds. The predicted molar refractivity (Wildman–Crippen MR) is 123 cm³/mol. The third-order valence-electron chi connectivity index (χ3n) is 5.41. The molecule has 7 nitrogen and oxygen atoms in total. The van der Waals surface area contributed by atoms with Crippen LogP contribution >= 0.6 is 23.2 Å². The van der Waals surface area contributed by atoms with Gasteiger partial charge in [0.2, 0.25) is 0 Å². The summed E-state index contributed by atoms with van der Waals surface area (Å²) in [5.41, 5.74) is 0.949. The molecular weight excluding hydrogens is 510 g/mol. The van der Waals surface area contributed by atoms with Gasteiger partial charge in [0, 0.05) is 47.7 Å². The van der Waals surface area contributed by atoms with Crippen LogP contribution in [0.2, 0.25) is 10.0 Å². The van der Waals surface area contributed by atoms with Gasteiger partial charge in [-0.1, -0.05) is 47.5 Å². The summed E-state index contributed by atoms with van der Waals surface area (Å²) < 4.78 is 37.6. The average molecular weight is 532 g/mol. The molecule has 1 heterocycles. The van der Waals surface area contributed by atoms with Gasteiger partial charge in [-0.15, -0.1) is 0 Å². The molecule has 1 saturated heterocycles. The lowest BCUT2D eigenvalue weighted by molar-refractivity contribution is -0.138. The number of alkyl halides is 3. The van der Waals surface area contributed by atoms with E-state index in [1.54, 1.807) is 18.2 Å². The van der Waals surface area contributed by atoms with E-state index in [0.29, 0.717) is 21.2 Å². The lowest BCUT2D eigenvalue weighted by Gasteiger charge is -2.40. The summed E-state index contributed by atoms with van der Waals surface area (Å²) >= 11 is 12.2. The monoisotopic (exact) mass is 531 g/mol. The van der Waals surface area contributed by atoms with Crippen LogP contribution in [-0.4, -0.2) is 58.6 Å². The minimum Gasteiger partial charge on any atom is -0.481 e. The predicted octanol–water partition coefficient (Wildman–Crippen LogP) is 4.81. The maximum atomic E-state index is 13.3. The van der Waals surface area contributed by atoms with E-state index in [1.165, 1.54) is 34.1 Å². The number of carbonyl (C=O) groups is 3. The first-order chi connectivity index (χ1) is 16.4. The molecule has 0 saturated carbocycles. The summed E-state index contributed by atoms with van der Waals surface area (Å²) in [5, 5.41) is 11.9. The molecule has 35 heavy (non-hydrogen) atoms. The second kappa shape index (κ2) is 11.2. The highest BCUT2D eigenvalue weighted by Gasteiger charge is 2.34. The summed E-state index contributed by atoms with van der Waals surface area (Å²) in [4.78, 5) is 39.9. The molecule has 0 radical (unpaired) electrons. The minimum atomic E-state index is -4.57. The SMILES string of the molecule is O=C(O)CC1CN(Cc2ccc(Cl)cc2Cl)C(=O)N(Cc2ccccc2C(=O)NCC(F)(F)F)C1. The summed E-state index contributed by atoms with van der Waals surface area (Å²) in [6.07, 6.45) is -4.76. The van der Waals surface area contributed by atoms with Crippen molar-refractivity contribution in [3.05, 3.63) is 69.2 Å². The van der Waals surface area contributed by atoms with Crippen LogP contribution in [-0.2, 0) is 17.9 Å². The first-order valence-corrected chi connectivity index (χ1v) is 11.3. The van der Waals surface area contributed by atoms with Crippen molar-refractivity contribution in [1.29, 1.82) is 0 Å². The van der Waals surface area contributed by atoms with Gasteiger partial charge >= 0.3 is 18.2 Å². The molecule has 0 spiro atoms. The van der Waals surface area contributed by atoms with Crippen molar-refractivity contribution in [1.82, 2.24) is 15.1 Å². The van der Waals surface area contributed by atoms with Crippen LogP contribution in [0.5, 0.6) is 0 Å². The molecule has 1 unspecified atom stereocenters. The van der Waals surface area contributed by atoms with Gasteiger partial charge in [0.1, 0.15) is 6.54 Å². The van der Waals surface area contributed by atoms with E-state index < -0.39 is 36.5 Å². The molecule has 0 aromatic heterocycles. The lowest BCUT2D eigenvalue weighted by atomic mass is 9.99. The Balaban J connectivity index is 1.83. The Morgan fingerprint density at radius 1 is 1.03 bits per heavy atom. The zero-order chi connectivity index (χ0) is 25.8. The fourth-order valence-electron chi connectivity index (χ4n) is 3.89. The van der Waals surface area contributed by atoms with Crippen LogP contribution in [0, 0.1) is 5.92 Å². The third kappa shape index (κ3) is 7.50. The molecule has 188 valence electrons. The Bertz CT molecular complexity index is 1110. The molecule has 12 heteroatoms. The number of carboxylic acids is 1. The molecule has 0 aliphatic carbocycles. The van der Waals surface area contributed by atoms with Crippen molar-refractivity contribution in [3.8, 4) is 0 Å². The number of carbonyl (C=O) groups excluding carboxylic acids is 2. The van der Waals surface area contributed by atoms with Crippen LogP contribution in [0.15, 0.2) is 42.5 Å². The summed E-state index contributed by atoms with van der Waals surface area (Å²) in [6, 6.07) is 10.4. The number of hydrogen-bond acceptors (Lipinski definition) is 3. The number of nitrogens with one attached hydrogen (secondary N) is 1. The summed E-state index contributed by atoms with van der Waals surface area (Å²) in [6.45, 7) is -1.19. The van der Waals surface area contributed by atoms with Gasteiger partial charge in [0.25, 0.3) is 5.91 Å². The van der Waals surface area contributed by atoms with Gasteiger partial charge in [0.05, 0.1) is 6.42 Å². The van der Waals surface area contributed by atoms with Crippen LogP contribution < -0.4 is 5.32 Å². The standard InChI is InChI=1S/C23H22Cl2F3N3O4/c24-17-6-5-16(19(25)8-17)12-31-10-14(7-20(32)33)9-30(22(31)35)11-15-3-1-2-4-18(15)21(34)29-13-23(26,27)28/h1-6,8,14H,7,9-13H2,(H,29,34)(H,32,33). The molecule has 2 aromatic carbocycles. The zero-order valence-corrected chi connectivity index (χ0v) is 19.8. The molecule has 2 aromatic rings. The van der Waals surface area contributed by atoms with Crippen LogP contribution in [0.1, 0.15) is 27.9 Å². The minimum absolute atomic E-state index is 0.00259. The first-order valence-electron chi connectivity index (χ1n) is 10.6. The second-order valence-electron chi connectivity index (χ2n) is 8.20. The number of benzene rings is 2. The highest BCUT2D eigenvalue weighted by Crippen LogP contribution is 2.27. The van der Waals surface area contributed by atoms with E-state index in [2.05, 4.69) is 0 Å². The van der Waals surface area contributed by atoms with Crippen molar-refractivity contribution in [2.24, 2.45) is 5.92 Å². The van der Waals surface area contributed by atoms with Gasteiger partial charge in [-0.25, -0.2) is 4.79 Å². The van der Waals surface area contributed by atoms with E-state index in [1.807, 2.05) is 5.32 Å². The number of amides is 3. The molecule has 1 aliphatic rings. The lowest BCUT2D eigenvalue weighted by Crippen LogP contribution is -2.53. The number of urea groups is 1. The Morgan fingerprint density at radius 3 is 2.26 bits per heavy atom. The van der Waals surface area contributed by atoms with Gasteiger partial charge in [0.15, 0.2) is 0 Å². The van der Waals surface area contributed by atoms with Crippen LogP contribution in [0.25, 0.3) is 0 Å². The molecule has 0 bridgehead atoms. The highest BCUT2D eigenvalue weighted by atomic mass is 35.5. The largest absolute Gasteiger partial charge is 0.481 e. The zero-order valence-electron chi connectivity index (χ0n) is 18.3. The normalized spacial score (nSPS) is 16.4. The quantitative estimate of drug-likeness (QED) is 0.511. The van der Waals surface area contributed by atoms with Crippen LogP contribution in [0.3, 0.4) is 0 Å². The number of aliphatic carboxylic acids is 1. The molecule has 2 N–H and O–H groups in total. The maximum Gasteiger partial charge on any atom is 0.405 e. The van der Waals surface area contributed by atoms with Crippen molar-refractivity contribution >= 4 is 41.1 Å². The number of hydrogen-bond donors (Lipinski definition) is 2. The average Bonchev–Trinajstić information content (AvgIpc) is 2.76.